The lowest BCUT2D eigenvalue weighted by Crippen LogP contribution is -2.40. The average molecular weight is 314 g/mol. The first-order valence-corrected chi connectivity index (χ1v) is 5.93. The Morgan fingerprint density at radius 3 is 2.59 bits per heavy atom. The van der Waals surface area contributed by atoms with Crippen molar-refractivity contribution >= 4 is 21.8 Å². The van der Waals surface area contributed by atoms with Gasteiger partial charge in [0.2, 0.25) is 0 Å². The van der Waals surface area contributed by atoms with E-state index >= 15 is 0 Å². The van der Waals surface area contributed by atoms with Crippen LogP contribution >= 0.6 is 15.9 Å². The van der Waals surface area contributed by atoms with Crippen molar-refractivity contribution in [3.63, 3.8) is 0 Å². The number of furan rings is 1. The van der Waals surface area contributed by atoms with Crippen LogP contribution in [0.2, 0.25) is 0 Å². The van der Waals surface area contributed by atoms with Crippen molar-refractivity contribution in [2.24, 2.45) is 0 Å². The summed E-state index contributed by atoms with van der Waals surface area (Å²) in [5.41, 5.74) is 0.162. The van der Waals surface area contributed by atoms with Crippen molar-refractivity contribution < 1.29 is 22.4 Å². The smallest absolute Gasteiger partial charge is 0.406 e. The van der Waals surface area contributed by atoms with Crippen molar-refractivity contribution in [3.8, 4) is 0 Å². The third kappa shape index (κ3) is 4.07. The highest BCUT2D eigenvalue weighted by Gasteiger charge is 2.33. The number of hydrogen-bond acceptors (Lipinski definition) is 2. The van der Waals surface area contributed by atoms with E-state index in [0.717, 1.165) is 4.90 Å². The fourth-order valence-corrected chi connectivity index (χ4v) is 1.78. The van der Waals surface area contributed by atoms with E-state index < -0.39 is 18.6 Å². The van der Waals surface area contributed by atoms with Gasteiger partial charge in [0.05, 0.1) is 11.8 Å². The van der Waals surface area contributed by atoms with Gasteiger partial charge >= 0.3 is 6.18 Å². The van der Waals surface area contributed by atoms with Crippen LogP contribution in [-0.4, -0.2) is 35.4 Å². The van der Waals surface area contributed by atoms with E-state index in [1.54, 1.807) is 0 Å². The minimum Gasteiger partial charge on any atom is -0.469 e. The molecule has 0 atom stereocenters. The number of carbonyl (C=O) groups excluding carboxylic acids is 1. The van der Waals surface area contributed by atoms with E-state index in [-0.39, 0.29) is 17.4 Å². The average Bonchev–Trinajstić information content (AvgIpc) is 2.61. The van der Waals surface area contributed by atoms with Gasteiger partial charge in [-0.1, -0.05) is 15.9 Å². The molecule has 1 heterocycles. The molecule has 0 aliphatic carbocycles. The van der Waals surface area contributed by atoms with E-state index in [9.17, 15) is 18.0 Å². The third-order valence-corrected chi connectivity index (χ3v) is 2.46. The van der Waals surface area contributed by atoms with Crippen molar-refractivity contribution in [2.75, 3.05) is 18.4 Å². The molecule has 1 aromatic rings. The number of nitrogens with zero attached hydrogens (tertiary/aromatic N) is 1. The van der Waals surface area contributed by atoms with E-state index in [0.29, 0.717) is 5.76 Å². The predicted molar refractivity (Wildman–Crippen MR) is 59.2 cm³/mol. The molecule has 0 saturated heterocycles. The van der Waals surface area contributed by atoms with Crippen LogP contribution in [-0.2, 0) is 0 Å². The number of hydrogen-bond donors (Lipinski definition) is 0. The molecule has 3 nitrogen and oxygen atoms in total. The maximum Gasteiger partial charge on any atom is 0.406 e. The van der Waals surface area contributed by atoms with Gasteiger partial charge in [-0.25, -0.2) is 0 Å². The van der Waals surface area contributed by atoms with Crippen LogP contribution in [0.3, 0.4) is 0 Å². The van der Waals surface area contributed by atoms with Crippen molar-refractivity contribution in [1.29, 1.82) is 0 Å². The number of halogens is 4. The van der Waals surface area contributed by atoms with Crippen molar-refractivity contribution in [1.82, 2.24) is 4.90 Å². The summed E-state index contributed by atoms with van der Waals surface area (Å²) in [6.07, 6.45) is -3.13. The number of amides is 1. The van der Waals surface area contributed by atoms with Crippen LogP contribution < -0.4 is 0 Å². The topological polar surface area (TPSA) is 33.5 Å². The highest BCUT2D eigenvalue weighted by atomic mass is 79.9. The van der Waals surface area contributed by atoms with Crippen LogP contribution in [0.15, 0.2) is 16.7 Å². The van der Waals surface area contributed by atoms with E-state index in [4.69, 9.17) is 4.42 Å². The molecule has 0 aromatic carbocycles. The fraction of sp³-hybridized carbons (Fsp3) is 0.500. The minimum atomic E-state index is -4.41. The Kier molecular flexibility index (Phi) is 4.62. The molecule has 0 radical (unpaired) electrons. The lowest BCUT2D eigenvalue weighted by molar-refractivity contribution is -0.140. The molecule has 0 aliphatic rings. The highest BCUT2D eigenvalue weighted by Crippen LogP contribution is 2.19. The van der Waals surface area contributed by atoms with E-state index in [1.165, 1.54) is 19.3 Å². The zero-order chi connectivity index (χ0) is 13.1. The maximum atomic E-state index is 12.3. The molecule has 17 heavy (non-hydrogen) atoms. The Morgan fingerprint density at radius 2 is 2.18 bits per heavy atom. The molecule has 1 amide bonds. The van der Waals surface area contributed by atoms with Gasteiger partial charge in [0, 0.05) is 11.9 Å². The molecule has 96 valence electrons. The second kappa shape index (κ2) is 5.57. The number of aryl methyl sites for hydroxylation is 1. The molecule has 1 aromatic heterocycles. The van der Waals surface area contributed by atoms with Crippen LogP contribution in [0.5, 0.6) is 0 Å². The Morgan fingerprint density at radius 1 is 1.53 bits per heavy atom. The zero-order valence-corrected chi connectivity index (χ0v) is 10.6. The molecule has 7 heteroatoms. The summed E-state index contributed by atoms with van der Waals surface area (Å²) in [6, 6.07) is 1.37. The highest BCUT2D eigenvalue weighted by molar-refractivity contribution is 9.09. The Hall–Kier alpha value is -0.980. The Balaban J connectivity index is 2.84. The summed E-state index contributed by atoms with van der Waals surface area (Å²) < 4.78 is 41.8. The van der Waals surface area contributed by atoms with E-state index in [2.05, 4.69) is 15.9 Å². The van der Waals surface area contributed by atoms with Gasteiger partial charge in [-0.3, -0.25) is 4.79 Å². The van der Waals surface area contributed by atoms with Gasteiger partial charge in [0.25, 0.3) is 5.91 Å². The Bertz CT molecular complexity index is 389. The quantitative estimate of drug-likeness (QED) is 0.801. The summed E-state index contributed by atoms with van der Waals surface area (Å²) in [4.78, 5) is 12.6. The van der Waals surface area contributed by atoms with Crippen molar-refractivity contribution in [2.45, 2.75) is 13.1 Å². The van der Waals surface area contributed by atoms with Crippen LogP contribution in [0.25, 0.3) is 0 Å². The van der Waals surface area contributed by atoms with Crippen LogP contribution in [0.4, 0.5) is 13.2 Å². The lowest BCUT2D eigenvalue weighted by Gasteiger charge is -2.22. The summed E-state index contributed by atoms with van der Waals surface area (Å²) in [5, 5.41) is 0.283. The fourth-order valence-electron chi connectivity index (χ4n) is 1.35. The van der Waals surface area contributed by atoms with E-state index in [1.807, 2.05) is 0 Å². The molecule has 0 bridgehead atoms. The molecule has 0 aliphatic heterocycles. The summed E-state index contributed by atoms with van der Waals surface area (Å²) in [7, 11) is 0. The number of carbonyl (C=O) groups is 1. The standard InChI is InChI=1S/C10H11BrF3NO2/c1-7-8(2-5-17-7)9(16)15(4-3-11)6-10(12,13)14/h2,5H,3-4,6H2,1H3. The molecular weight excluding hydrogens is 303 g/mol. The molecule has 0 N–H and O–H groups in total. The SMILES string of the molecule is Cc1occc1C(=O)N(CCBr)CC(F)(F)F. The Labute approximate surface area is 105 Å². The summed E-state index contributed by atoms with van der Waals surface area (Å²) in [6.45, 7) is 0.262. The molecule has 1 rings (SSSR count). The minimum absolute atomic E-state index is 0.0109. The third-order valence-electron chi connectivity index (χ3n) is 2.10. The number of rotatable bonds is 4. The van der Waals surface area contributed by atoms with Gasteiger partial charge < -0.3 is 9.32 Å². The zero-order valence-electron chi connectivity index (χ0n) is 9.05. The monoisotopic (exact) mass is 313 g/mol. The number of alkyl halides is 4. The van der Waals surface area contributed by atoms with Gasteiger partial charge in [-0.2, -0.15) is 13.2 Å². The first-order chi connectivity index (χ1) is 7.85. The second-order valence-corrected chi connectivity index (χ2v) is 4.21. The molecular formula is C10H11BrF3NO2. The summed E-state index contributed by atoms with van der Waals surface area (Å²) in [5.74, 6) is -0.357. The van der Waals surface area contributed by atoms with Gasteiger partial charge in [-0.15, -0.1) is 0 Å². The normalized spacial score (nSPS) is 11.6. The summed E-state index contributed by atoms with van der Waals surface area (Å²) >= 11 is 3.02. The predicted octanol–water partition coefficient (Wildman–Crippen LogP) is 2.99. The van der Waals surface area contributed by atoms with Gasteiger partial charge in [0.1, 0.15) is 12.3 Å². The van der Waals surface area contributed by atoms with Crippen LogP contribution in [0, 0.1) is 6.92 Å². The molecule has 0 unspecified atom stereocenters. The second-order valence-electron chi connectivity index (χ2n) is 3.42. The van der Waals surface area contributed by atoms with Crippen molar-refractivity contribution in [3.05, 3.63) is 23.7 Å². The lowest BCUT2D eigenvalue weighted by atomic mass is 10.2. The maximum absolute atomic E-state index is 12.3. The van der Waals surface area contributed by atoms with Crippen LogP contribution in [0.1, 0.15) is 16.1 Å². The first-order valence-electron chi connectivity index (χ1n) is 4.81. The molecule has 0 spiro atoms. The van der Waals surface area contributed by atoms with Gasteiger partial charge in [0.15, 0.2) is 0 Å². The first kappa shape index (κ1) is 14.1. The van der Waals surface area contributed by atoms with Gasteiger partial charge in [-0.05, 0) is 13.0 Å². The molecule has 0 saturated carbocycles. The largest absolute Gasteiger partial charge is 0.469 e. The molecule has 0 fully saturated rings.